The van der Waals surface area contributed by atoms with Gasteiger partial charge in [0.25, 0.3) is 11.1 Å². The molecule has 1 aromatic heterocycles. The van der Waals surface area contributed by atoms with Gasteiger partial charge >= 0.3 is 0 Å². The number of hydrogen-bond acceptors (Lipinski definition) is 4. The van der Waals surface area contributed by atoms with Crippen LogP contribution in [-0.2, 0) is 20.5 Å². The topological polar surface area (TPSA) is 68.1 Å². The summed E-state index contributed by atoms with van der Waals surface area (Å²) in [5, 5.41) is 5.83. The second kappa shape index (κ2) is 8.61. The molecule has 0 saturated heterocycles. The minimum Gasteiger partial charge on any atom is -0.359 e. The van der Waals surface area contributed by atoms with Crippen molar-refractivity contribution in [3.63, 3.8) is 0 Å². The molecule has 0 saturated carbocycles. The SMILES string of the molecule is CC1Nc2c(c(=O)n(C)n(C)c2=O)N1.CCc1ccc(-c2[c-]cccc2)cc1.[Db]. The van der Waals surface area contributed by atoms with Crippen LogP contribution in [-0.4, -0.2) is 15.5 Å². The van der Waals surface area contributed by atoms with Crippen LogP contribution in [0.4, 0.5) is 11.4 Å². The van der Waals surface area contributed by atoms with E-state index in [0.29, 0.717) is 11.4 Å². The van der Waals surface area contributed by atoms with E-state index < -0.39 is 0 Å². The van der Waals surface area contributed by atoms with Crippen LogP contribution in [0.5, 0.6) is 0 Å². The Kier molecular flexibility index (Phi) is 6.24. The molecule has 2 N–H and O–H groups in total. The Balaban J connectivity index is 0.000000200. The number of aromatic nitrogens is 2. The summed E-state index contributed by atoms with van der Waals surface area (Å²) >= 11 is 0. The average molecular weight is 645 g/mol. The molecule has 4 rings (SSSR count). The third-order valence-electron chi connectivity index (χ3n) is 4.82. The summed E-state index contributed by atoms with van der Waals surface area (Å²) in [5.41, 5.74) is 4.12. The quantitative estimate of drug-likeness (QED) is 0.421. The summed E-state index contributed by atoms with van der Waals surface area (Å²) < 4.78 is 2.57. The number of nitrogens with one attached hydrogen (secondary N) is 2. The third kappa shape index (κ3) is 4.18. The molecular formula is C22H25DbN4O2-. The van der Waals surface area contributed by atoms with Gasteiger partial charge in [-0.3, -0.25) is 9.59 Å². The molecule has 2 heterocycles. The first-order valence-corrected chi connectivity index (χ1v) is 9.31. The number of aryl methyl sites for hydroxylation is 1. The van der Waals surface area contributed by atoms with E-state index in [1.165, 1.54) is 20.5 Å². The van der Waals surface area contributed by atoms with Crippen LogP contribution in [0, 0.1) is 6.07 Å². The van der Waals surface area contributed by atoms with Crippen molar-refractivity contribution in [1.82, 2.24) is 9.36 Å². The van der Waals surface area contributed by atoms with E-state index in [9.17, 15) is 9.59 Å². The standard InChI is InChI=1S/C14H13.C8H12N4O2.Db/c1-2-12-8-10-14(11-9-12)13-6-4-3-5-7-13;1-4-9-5-6(10-4)8(14)12(3)11(2)7(5)13;/h3-6,8-11H,2H2,1H3;4,9-10H,1-3H3;/q-1;;. The van der Waals surface area contributed by atoms with Crippen molar-refractivity contribution in [3.8, 4) is 11.1 Å². The molecule has 6 nitrogen and oxygen atoms in total. The first kappa shape index (κ1) is 21.0. The molecule has 0 unspecified atom stereocenters. The molecule has 0 bridgehead atoms. The van der Waals surface area contributed by atoms with Crippen molar-refractivity contribution < 1.29 is 0 Å². The molecule has 0 fully saturated rings. The zero-order chi connectivity index (χ0) is 20.3. The zero-order valence-electron chi connectivity index (χ0n) is 17.3. The Morgan fingerprint density at radius 1 is 0.931 bits per heavy atom. The fourth-order valence-electron chi connectivity index (χ4n) is 3.04. The van der Waals surface area contributed by atoms with Gasteiger partial charge in [0.1, 0.15) is 11.4 Å². The molecule has 0 aliphatic carbocycles. The van der Waals surface area contributed by atoms with Crippen LogP contribution in [0.25, 0.3) is 11.1 Å². The maximum Gasteiger partial charge on any atom is 0.290 e. The minimum absolute atomic E-state index is 0. The molecule has 0 atom stereocenters. The average Bonchev–Trinajstić information content (AvgIpc) is 3.14. The molecule has 0 spiro atoms. The van der Waals surface area contributed by atoms with E-state index in [0.717, 1.165) is 12.0 Å². The van der Waals surface area contributed by atoms with Crippen LogP contribution in [0.3, 0.4) is 0 Å². The summed E-state index contributed by atoms with van der Waals surface area (Å²) in [6, 6.07) is 20.0. The van der Waals surface area contributed by atoms with Gasteiger partial charge in [-0.1, -0.05) is 36.8 Å². The van der Waals surface area contributed by atoms with Gasteiger partial charge in [-0.25, -0.2) is 9.36 Å². The first-order chi connectivity index (χ1) is 13.4. The van der Waals surface area contributed by atoms with Crippen molar-refractivity contribution >= 4 is 11.4 Å². The van der Waals surface area contributed by atoms with Crippen LogP contribution in [0.2, 0.25) is 0 Å². The number of anilines is 2. The summed E-state index contributed by atoms with van der Waals surface area (Å²) in [7, 11) is 3.13. The number of nitrogens with zero attached hydrogens (tertiary/aromatic N) is 2. The van der Waals surface area contributed by atoms with E-state index in [4.69, 9.17) is 0 Å². The van der Waals surface area contributed by atoms with Crippen molar-refractivity contribution in [2.45, 2.75) is 26.4 Å². The Bertz CT molecular complexity index is 1030. The predicted octanol–water partition coefficient (Wildman–Crippen LogP) is 2.98. The van der Waals surface area contributed by atoms with Crippen molar-refractivity contribution in [3.05, 3.63) is 80.9 Å². The molecule has 29 heavy (non-hydrogen) atoms. The summed E-state index contributed by atoms with van der Waals surface area (Å²) in [5.74, 6) is 0. The van der Waals surface area contributed by atoms with Gasteiger partial charge in [-0.05, 0) is 18.9 Å². The Morgan fingerprint density at radius 2 is 1.48 bits per heavy atom. The second-order valence-electron chi connectivity index (χ2n) is 6.74. The van der Waals surface area contributed by atoms with Crippen LogP contribution in [0.15, 0.2) is 58.1 Å². The van der Waals surface area contributed by atoms with Gasteiger partial charge in [0.2, 0.25) is 0 Å². The summed E-state index contributed by atoms with van der Waals surface area (Å²) in [6.07, 6.45) is 1.02. The molecule has 148 valence electrons. The maximum atomic E-state index is 11.7. The fourth-order valence-corrected chi connectivity index (χ4v) is 3.04. The van der Waals surface area contributed by atoms with Crippen LogP contribution >= 0.6 is 0 Å². The molecule has 7 heteroatoms. The summed E-state index contributed by atoms with van der Waals surface area (Å²) in [4.78, 5) is 23.4. The Labute approximate surface area is 164 Å². The van der Waals surface area contributed by atoms with Crippen molar-refractivity contribution in [2.24, 2.45) is 14.1 Å². The molecule has 0 amide bonds. The minimum atomic E-state index is -0.195. The van der Waals surface area contributed by atoms with Gasteiger partial charge in [-0.15, -0.1) is 35.9 Å². The molecule has 0 radical (unpaired) electrons. The molecule has 3 aromatic rings. The van der Waals surface area contributed by atoms with Gasteiger partial charge in [-0.2, -0.15) is 0 Å². The van der Waals surface area contributed by atoms with E-state index in [2.05, 4.69) is 54.0 Å². The number of rotatable bonds is 2. The van der Waals surface area contributed by atoms with Gasteiger partial charge in [0, 0.05) is 14.1 Å². The Hall–Kier alpha value is -4.28. The molecule has 1 aliphatic heterocycles. The maximum absolute atomic E-state index is 11.7. The zero-order valence-corrected chi connectivity index (χ0v) is 23.8. The number of hydrogen-bond donors (Lipinski definition) is 2. The summed E-state index contributed by atoms with van der Waals surface area (Å²) in [6.45, 7) is 4.02. The largest absolute Gasteiger partial charge is 0.359 e. The van der Waals surface area contributed by atoms with Crippen LogP contribution < -0.4 is 21.8 Å². The van der Waals surface area contributed by atoms with E-state index in [-0.39, 0.29) is 17.3 Å². The predicted molar refractivity (Wildman–Crippen MR) is 114 cm³/mol. The molecular weight excluding hydrogens is 620 g/mol. The molecule has 2 aromatic carbocycles. The van der Waals surface area contributed by atoms with Gasteiger partial charge < -0.3 is 10.6 Å². The van der Waals surface area contributed by atoms with Crippen LogP contribution in [0.1, 0.15) is 19.4 Å². The van der Waals surface area contributed by atoms with E-state index >= 15 is 0 Å². The normalized spacial score (nSPS) is 12.0. The monoisotopic (exact) mass is 645 g/mol. The van der Waals surface area contributed by atoms with Crippen molar-refractivity contribution in [1.29, 1.82) is 0 Å². The molecule has 1 aliphatic rings. The smallest absolute Gasteiger partial charge is 0.290 e. The number of benzene rings is 2. The second-order valence-corrected chi connectivity index (χ2v) is 6.74. The Morgan fingerprint density at radius 3 is 1.93 bits per heavy atom. The van der Waals surface area contributed by atoms with Gasteiger partial charge in [0.15, 0.2) is 0 Å². The number of fused-ring (bicyclic) bond motifs is 1. The first-order valence-electron chi connectivity index (χ1n) is 9.31. The third-order valence-corrected chi connectivity index (χ3v) is 4.82. The van der Waals surface area contributed by atoms with E-state index in [1.54, 1.807) is 14.1 Å². The van der Waals surface area contributed by atoms with Gasteiger partial charge in [0.05, 0.1) is 6.17 Å². The van der Waals surface area contributed by atoms with Crippen molar-refractivity contribution in [2.75, 3.05) is 10.6 Å². The fraction of sp³-hybridized carbons (Fsp3) is 0.273. The van der Waals surface area contributed by atoms with E-state index in [1.807, 2.05) is 25.1 Å².